The van der Waals surface area contributed by atoms with E-state index in [-0.39, 0.29) is 18.6 Å². The van der Waals surface area contributed by atoms with Crippen molar-refractivity contribution in [3.05, 3.63) is 59.7 Å². The van der Waals surface area contributed by atoms with Gasteiger partial charge in [0, 0.05) is 63.6 Å². The maximum absolute atomic E-state index is 13.9. The molecule has 3 N–H and O–H groups in total. The van der Waals surface area contributed by atoms with E-state index in [0.717, 1.165) is 106 Å². The van der Waals surface area contributed by atoms with Crippen molar-refractivity contribution in [3.8, 4) is 17.0 Å². The topological polar surface area (TPSA) is 155 Å². The van der Waals surface area contributed by atoms with Crippen LogP contribution in [0.5, 0.6) is 5.75 Å². The number of fused-ring (bicyclic) bond motifs is 3. The Morgan fingerprint density at radius 2 is 1.66 bits per heavy atom. The molecule has 2 aromatic carbocycles. The SMILES string of the molecule is CCCC(C(=O)NC=O)N(C=O)C(=O)c1c(C)cccc1N1CCC(CN2CCC(CN3CCN4c5cc(-c6ccccc6O)nnc5NCC4C3)CC2)CC1. The Morgan fingerprint density at radius 1 is 0.929 bits per heavy atom. The van der Waals surface area contributed by atoms with Crippen LogP contribution in [-0.2, 0) is 14.4 Å². The number of aryl methyl sites for hydroxylation is 1. The fraction of sp³-hybridized carbons (Fsp3) is 0.524. The van der Waals surface area contributed by atoms with Gasteiger partial charge in [0.05, 0.1) is 23.0 Å². The number of piperazine rings is 1. The molecule has 2 atom stereocenters. The summed E-state index contributed by atoms with van der Waals surface area (Å²) in [6.45, 7) is 13.6. The fourth-order valence-electron chi connectivity index (χ4n) is 9.19. The van der Waals surface area contributed by atoms with Gasteiger partial charge in [0.2, 0.25) is 18.7 Å². The van der Waals surface area contributed by atoms with Gasteiger partial charge in [-0.1, -0.05) is 37.6 Å². The van der Waals surface area contributed by atoms with Gasteiger partial charge < -0.3 is 25.1 Å². The average Bonchev–Trinajstić information content (AvgIpc) is 3.21. The number of imide groups is 2. The summed E-state index contributed by atoms with van der Waals surface area (Å²) >= 11 is 0. The standard InChI is InChI=1S/C42H55N9O5/c1-3-7-36(41(55)44-27-52)51(28-53)42(56)39-29(2)8-6-10-35(39)49-18-14-31(15-19-49)24-47-16-12-30(13-17-47)25-48-20-21-50-32(26-48)23-43-40-37(50)22-34(45-46-40)33-9-4-5-11-38(33)54/h4-6,8-11,22,27-28,30-32,36,54H,3,7,12-21,23-26H2,1-2H3,(H,43,46)(H,44,52,55). The number of benzene rings is 2. The molecule has 0 aliphatic carbocycles. The number of anilines is 3. The maximum Gasteiger partial charge on any atom is 0.263 e. The lowest BCUT2D eigenvalue weighted by atomic mass is 9.91. The van der Waals surface area contributed by atoms with Crippen LogP contribution < -0.4 is 20.4 Å². The van der Waals surface area contributed by atoms with Crippen molar-refractivity contribution in [1.29, 1.82) is 0 Å². The van der Waals surface area contributed by atoms with Crippen LogP contribution in [0.3, 0.4) is 0 Å². The molecule has 5 heterocycles. The molecule has 14 nitrogen and oxygen atoms in total. The highest BCUT2D eigenvalue weighted by Crippen LogP contribution is 2.37. The highest BCUT2D eigenvalue weighted by molar-refractivity contribution is 6.08. The van der Waals surface area contributed by atoms with Gasteiger partial charge in [-0.15, -0.1) is 10.2 Å². The van der Waals surface area contributed by atoms with Crippen molar-refractivity contribution < 1.29 is 24.3 Å². The van der Waals surface area contributed by atoms with Crippen LogP contribution in [0.15, 0.2) is 48.5 Å². The number of para-hydroxylation sites is 1. The first-order valence-corrected chi connectivity index (χ1v) is 20.3. The van der Waals surface area contributed by atoms with E-state index in [2.05, 4.69) is 46.5 Å². The first-order chi connectivity index (χ1) is 27.3. The average molecular weight is 766 g/mol. The first-order valence-electron chi connectivity index (χ1n) is 20.3. The number of piperidine rings is 2. The van der Waals surface area contributed by atoms with E-state index in [4.69, 9.17) is 0 Å². The van der Waals surface area contributed by atoms with Gasteiger partial charge >= 0.3 is 0 Å². The summed E-state index contributed by atoms with van der Waals surface area (Å²) in [6.07, 6.45) is 5.97. The molecule has 14 heteroatoms. The van der Waals surface area contributed by atoms with Gasteiger partial charge in [-0.05, 0) is 93.8 Å². The molecule has 298 valence electrons. The molecule has 2 unspecified atom stereocenters. The lowest BCUT2D eigenvalue weighted by molar-refractivity contribution is -0.133. The second-order valence-corrected chi connectivity index (χ2v) is 15.9. The largest absolute Gasteiger partial charge is 0.507 e. The molecular weight excluding hydrogens is 711 g/mol. The van der Waals surface area contributed by atoms with E-state index < -0.39 is 17.9 Å². The molecule has 56 heavy (non-hydrogen) atoms. The van der Waals surface area contributed by atoms with Gasteiger partial charge in [0.25, 0.3) is 5.91 Å². The lowest BCUT2D eigenvalue weighted by Gasteiger charge is -2.47. The van der Waals surface area contributed by atoms with Crippen LogP contribution in [0.4, 0.5) is 17.2 Å². The van der Waals surface area contributed by atoms with E-state index in [1.165, 1.54) is 12.8 Å². The van der Waals surface area contributed by atoms with Crippen molar-refractivity contribution in [2.24, 2.45) is 11.8 Å². The predicted molar refractivity (Wildman–Crippen MR) is 216 cm³/mol. The summed E-state index contributed by atoms with van der Waals surface area (Å²) in [5.74, 6) is 1.10. The van der Waals surface area contributed by atoms with Gasteiger partial charge in [0.1, 0.15) is 11.8 Å². The molecule has 1 aromatic heterocycles. The summed E-state index contributed by atoms with van der Waals surface area (Å²) in [7, 11) is 0. The van der Waals surface area contributed by atoms with Gasteiger partial charge in [-0.2, -0.15) is 0 Å². The molecule has 3 saturated heterocycles. The van der Waals surface area contributed by atoms with Crippen molar-refractivity contribution in [1.82, 2.24) is 30.2 Å². The predicted octanol–water partition coefficient (Wildman–Crippen LogP) is 3.74. The number of rotatable bonds is 13. The van der Waals surface area contributed by atoms with E-state index in [0.29, 0.717) is 47.5 Å². The van der Waals surface area contributed by atoms with Crippen LogP contribution in [0, 0.1) is 18.8 Å². The molecule has 0 spiro atoms. The van der Waals surface area contributed by atoms with Crippen molar-refractivity contribution in [3.63, 3.8) is 0 Å². The summed E-state index contributed by atoms with van der Waals surface area (Å²) in [5, 5.41) is 24.9. The Bertz CT molecular complexity index is 1880. The normalized spacial score (nSPS) is 20.0. The zero-order valence-electron chi connectivity index (χ0n) is 32.6. The Morgan fingerprint density at radius 3 is 2.38 bits per heavy atom. The minimum absolute atomic E-state index is 0.207. The third kappa shape index (κ3) is 8.51. The Kier molecular flexibility index (Phi) is 12.5. The van der Waals surface area contributed by atoms with E-state index in [1.54, 1.807) is 6.07 Å². The van der Waals surface area contributed by atoms with Crippen molar-refractivity contribution >= 4 is 41.8 Å². The third-order valence-corrected chi connectivity index (χ3v) is 12.2. The third-order valence-electron chi connectivity index (χ3n) is 12.2. The number of aromatic hydroxyl groups is 1. The summed E-state index contributed by atoms with van der Waals surface area (Å²) < 4.78 is 0. The fourth-order valence-corrected chi connectivity index (χ4v) is 9.19. The Hall–Kier alpha value is -5.08. The molecule has 4 aliphatic rings. The molecule has 0 radical (unpaired) electrons. The summed E-state index contributed by atoms with van der Waals surface area (Å²) in [6, 6.07) is 14.3. The number of likely N-dealkylation sites (tertiary alicyclic amines) is 1. The van der Waals surface area contributed by atoms with Crippen LogP contribution in [-0.4, -0.2) is 132 Å². The zero-order chi connectivity index (χ0) is 39.2. The Balaban J connectivity index is 0.884. The molecule has 3 fully saturated rings. The molecule has 4 aliphatic heterocycles. The molecular formula is C42H55N9O5. The first kappa shape index (κ1) is 39.2. The van der Waals surface area contributed by atoms with E-state index >= 15 is 0 Å². The van der Waals surface area contributed by atoms with Crippen LogP contribution in [0.1, 0.15) is 61.4 Å². The maximum atomic E-state index is 13.9. The van der Waals surface area contributed by atoms with Crippen molar-refractivity contribution in [2.45, 2.75) is 64.5 Å². The highest BCUT2D eigenvalue weighted by Gasteiger charge is 2.36. The van der Waals surface area contributed by atoms with Gasteiger partial charge in [-0.3, -0.25) is 34.3 Å². The number of phenols is 1. The number of carbonyl (C=O) groups is 4. The number of nitrogens with zero attached hydrogens (tertiary/aromatic N) is 7. The highest BCUT2D eigenvalue weighted by atomic mass is 16.3. The van der Waals surface area contributed by atoms with Crippen molar-refractivity contribution in [2.75, 3.05) is 80.6 Å². The van der Waals surface area contributed by atoms with Gasteiger partial charge in [-0.25, -0.2) is 0 Å². The number of nitrogens with one attached hydrogen (secondary N) is 2. The van der Waals surface area contributed by atoms with Crippen LogP contribution >= 0.6 is 0 Å². The summed E-state index contributed by atoms with van der Waals surface area (Å²) in [4.78, 5) is 60.7. The van der Waals surface area contributed by atoms with Crippen LogP contribution in [0.25, 0.3) is 11.3 Å². The Labute approximate surface area is 329 Å². The molecule has 3 aromatic rings. The lowest BCUT2D eigenvalue weighted by Crippen LogP contribution is -2.58. The number of hydrogen-bond donors (Lipinski definition) is 3. The van der Waals surface area contributed by atoms with Crippen LogP contribution in [0.2, 0.25) is 0 Å². The number of aromatic nitrogens is 2. The minimum atomic E-state index is -1.06. The zero-order valence-corrected chi connectivity index (χ0v) is 32.6. The molecule has 4 amide bonds. The quantitative estimate of drug-likeness (QED) is 0.217. The second-order valence-electron chi connectivity index (χ2n) is 15.9. The van der Waals surface area contributed by atoms with Gasteiger partial charge in [0.15, 0.2) is 5.82 Å². The second kappa shape index (κ2) is 17.8. The smallest absolute Gasteiger partial charge is 0.263 e. The number of hydrogen-bond acceptors (Lipinski definition) is 12. The molecule has 0 saturated carbocycles. The summed E-state index contributed by atoms with van der Waals surface area (Å²) in [5.41, 5.74) is 4.39. The number of amides is 4. The molecule has 7 rings (SSSR count). The number of carbonyl (C=O) groups excluding carboxylic acids is 4. The van der Waals surface area contributed by atoms with E-state index in [1.807, 2.05) is 50.2 Å². The molecule has 0 bridgehead atoms. The van der Waals surface area contributed by atoms with E-state index in [9.17, 15) is 24.3 Å². The minimum Gasteiger partial charge on any atom is -0.507 e. The number of phenolic OH excluding ortho intramolecular Hbond substituents is 1. The monoisotopic (exact) mass is 765 g/mol.